The summed E-state index contributed by atoms with van der Waals surface area (Å²) in [5.74, 6) is -0.174. The molecule has 1 aromatic carbocycles. The van der Waals surface area contributed by atoms with Crippen molar-refractivity contribution in [1.82, 2.24) is 14.4 Å². The lowest BCUT2D eigenvalue weighted by Crippen LogP contribution is -2.56. The number of amides is 2. The molecule has 0 unspecified atom stereocenters. The summed E-state index contributed by atoms with van der Waals surface area (Å²) >= 11 is 0. The van der Waals surface area contributed by atoms with Crippen molar-refractivity contribution in [2.45, 2.75) is 59.4 Å². The number of rotatable bonds is 1. The molecule has 3 N–H and O–H groups in total. The van der Waals surface area contributed by atoms with E-state index in [2.05, 4.69) is 35.6 Å². The molecule has 1 aromatic heterocycles. The topological polar surface area (TPSA) is 101 Å². The molecule has 1 saturated heterocycles. The highest BCUT2D eigenvalue weighted by Gasteiger charge is 2.37. The summed E-state index contributed by atoms with van der Waals surface area (Å²) in [6, 6.07) is 5.85. The maximum atomic E-state index is 13.3. The van der Waals surface area contributed by atoms with Crippen LogP contribution < -0.4 is 11.1 Å². The number of carbonyl (C=O) groups excluding carboxylic acids is 3. The smallest absolute Gasteiger partial charge is 0.250 e. The van der Waals surface area contributed by atoms with Crippen LogP contribution in [0.3, 0.4) is 0 Å². The predicted octanol–water partition coefficient (Wildman–Crippen LogP) is 2.93. The van der Waals surface area contributed by atoms with Crippen molar-refractivity contribution in [2.75, 3.05) is 38.0 Å². The third-order valence-corrected chi connectivity index (χ3v) is 8.16. The van der Waals surface area contributed by atoms with Gasteiger partial charge in [-0.05, 0) is 61.9 Å². The SMILES string of the molecule is CC(=O)N1CCN2CCCc3c(C)c4c(n3-c3ccc(C(N)=O)c(c3)NC[C@H]2C1)CC(C)(C)CC4=O. The number of ketones is 1. The Balaban J connectivity index is 1.63. The molecule has 192 valence electrons. The molecule has 0 radical (unpaired) electrons. The third-order valence-electron chi connectivity index (χ3n) is 8.16. The van der Waals surface area contributed by atoms with Gasteiger partial charge in [-0.3, -0.25) is 19.3 Å². The second kappa shape index (κ2) is 9.07. The van der Waals surface area contributed by atoms with Crippen molar-refractivity contribution in [3.8, 4) is 5.69 Å². The number of carbonyl (C=O) groups is 3. The van der Waals surface area contributed by atoms with Gasteiger partial charge in [0.05, 0.1) is 5.56 Å². The summed E-state index contributed by atoms with van der Waals surface area (Å²) in [6.45, 7) is 11.7. The summed E-state index contributed by atoms with van der Waals surface area (Å²) in [5, 5.41) is 3.49. The minimum absolute atomic E-state index is 0.0900. The number of nitrogens with one attached hydrogen (secondary N) is 1. The fourth-order valence-corrected chi connectivity index (χ4v) is 6.37. The Bertz CT molecular complexity index is 1240. The van der Waals surface area contributed by atoms with Crippen LogP contribution in [0.4, 0.5) is 5.69 Å². The lowest BCUT2D eigenvalue weighted by atomic mass is 9.75. The molecule has 0 spiro atoms. The van der Waals surface area contributed by atoms with Crippen molar-refractivity contribution in [3.05, 3.63) is 46.3 Å². The highest BCUT2D eigenvalue weighted by Crippen LogP contribution is 2.40. The van der Waals surface area contributed by atoms with Crippen LogP contribution >= 0.6 is 0 Å². The Kier molecular flexibility index (Phi) is 6.19. The fraction of sp³-hybridized carbons (Fsp3) is 0.536. The molecule has 2 aliphatic heterocycles. The molecule has 3 heterocycles. The monoisotopic (exact) mass is 491 g/mol. The van der Waals surface area contributed by atoms with Crippen molar-refractivity contribution < 1.29 is 14.4 Å². The molecule has 1 fully saturated rings. The summed E-state index contributed by atoms with van der Waals surface area (Å²) in [5.41, 5.74) is 11.9. The second-order valence-electron chi connectivity index (χ2n) is 11.4. The van der Waals surface area contributed by atoms with Gasteiger partial charge in [0.15, 0.2) is 5.78 Å². The zero-order chi connectivity index (χ0) is 25.8. The van der Waals surface area contributed by atoms with Crippen LogP contribution in [-0.2, 0) is 17.6 Å². The van der Waals surface area contributed by atoms with Gasteiger partial charge in [0.25, 0.3) is 5.91 Å². The first-order valence-corrected chi connectivity index (χ1v) is 13.0. The number of hydrogen-bond acceptors (Lipinski definition) is 5. The third kappa shape index (κ3) is 4.32. The van der Waals surface area contributed by atoms with Crippen LogP contribution in [0.2, 0.25) is 0 Å². The molecule has 2 amide bonds. The van der Waals surface area contributed by atoms with Crippen LogP contribution in [0.25, 0.3) is 5.69 Å². The zero-order valence-corrected chi connectivity index (χ0v) is 21.8. The molecule has 1 aliphatic carbocycles. The van der Waals surface area contributed by atoms with Crippen LogP contribution in [0, 0.1) is 12.3 Å². The second-order valence-corrected chi connectivity index (χ2v) is 11.4. The van der Waals surface area contributed by atoms with E-state index in [1.165, 1.54) is 5.69 Å². The number of primary amides is 1. The Morgan fingerprint density at radius 3 is 2.61 bits per heavy atom. The van der Waals surface area contributed by atoms with Crippen molar-refractivity contribution in [3.63, 3.8) is 0 Å². The summed E-state index contributed by atoms with van der Waals surface area (Å²) in [7, 11) is 0. The van der Waals surface area contributed by atoms with Gasteiger partial charge in [0.1, 0.15) is 0 Å². The summed E-state index contributed by atoms with van der Waals surface area (Å²) < 4.78 is 2.27. The molecule has 8 heteroatoms. The molecule has 1 atom stereocenters. The summed E-state index contributed by atoms with van der Waals surface area (Å²) in [4.78, 5) is 42.0. The number of anilines is 1. The molecular formula is C28H37N5O3. The van der Waals surface area contributed by atoms with E-state index in [0.29, 0.717) is 30.8 Å². The number of nitrogens with two attached hydrogens (primary N) is 1. The van der Waals surface area contributed by atoms with E-state index < -0.39 is 5.91 Å². The number of piperazine rings is 1. The van der Waals surface area contributed by atoms with E-state index in [1.807, 2.05) is 17.0 Å². The minimum Gasteiger partial charge on any atom is -0.383 e. The van der Waals surface area contributed by atoms with E-state index in [9.17, 15) is 14.4 Å². The van der Waals surface area contributed by atoms with Gasteiger partial charge in [0, 0.05) is 73.9 Å². The Morgan fingerprint density at radius 1 is 1.11 bits per heavy atom. The number of nitrogens with zero attached hydrogens (tertiary/aromatic N) is 3. The Hall–Kier alpha value is -3.13. The van der Waals surface area contributed by atoms with E-state index in [0.717, 1.165) is 61.4 Å². The van der Waals surface area contributed by atoms with E-state index in [1.54, 1.807) is 13.0 Å². The quantitative estimate of drug-likeness (QED) is 0.639. The summed E-state index contributed by atoms with van der Waals surface area (Å²) in [6.07, 6.45) is 3.20. The zero-order valence-electron chi connectivity index (χ0n) is 21.8. The van der Waals surface area contributed by atoms with E-state index >= 15 is 0 Å². The fourth-order valence-electron chi connectivity index (χ4n) is 6.37. The standard InChI is InChI=1S/C28H37N5O3/c1-17-23-6-5-9-31-10-11-32(18(2)34)16-20(31)15-30-22-12-19(7-8-21(22)27(29)36)33(23)24-13-28(3,4)14-25(35)26(17)24/h7-8,12,20,30H,5-6,9-11,13-16H2,1-4H3,(H2,29,36)/t20-/m0/s1. The number of benzene rings is 1. The first kappa shape index (κ1) is 24.6. The average Bonchev–Trinajstić information content (AvgIpc) is 3.07. The van der Waals surface area contributed by atoms with Gasteiger partial charge < -0.3 is 20.5 Å². The van der Waals surface area contributed by atoms with E-state index in [-0.39, 0.29) is 23.1 Å². The molecule has 0 saturated carbocycles. The largest absolute Gasteiger partial charge is 0.383 e. The van der Waals surface area contributed by atoms with Crippen molar-refractivity contribution >= 4 is 23.3 Å². The highest BCUT2D eigenvalue weighted by atomic mass is 16.2. The minimum atomic E-state index is -0.482. The molecule has 2 bridgehead atoms. The maximum absolute atomic E-state index is 13.3. The number of aromatic nitrogens is 1. The van der Waals surface area contributed by atoms with E-state index in [4.69, 9.17) is 5.73 Å². The van der Waals surface area contributed by atoms with Gasteiger partial charge in [-0.25, -0.2) is 0 Å². The van der Waals surface area contributed by atoms with Gasteiger partial charge >= 0.3 is 0 Å². The first-order chi connectivity index (χ1) is 17.1. The lowest BCUT2D eigenvalue weighted by molar-refractivity contribution is -0.131. The van der Waals surface area contributed by atoms with Gasteiger partial charge in [-0.2, -0.15) is 0 Å². The van der Waals surface area contributed by atoms with Crippen LogP contribution in [0.5, 0.6) is 0 Å². The highest BCUT2D eigenvalue weighted by molar-refractivity contribution is 6.01. The molecule has 5 rings (SSSR count). The molecule has 36 heavy (non-hydrogen) atoms. The Labute approximate surface area is 212 Å². The molecule has 2 aromatic rings. The van der Waals surface area contributed by atoms with Gasteiger partial charge in [0.2, 0.25) is 5.91 Å². The van der Waals surface area contributed by atoms with Crippen molar-refractivity contribution in [2.24, 2.45) is 11.1 Å². The predicted molar refractivity (Wildman–Crippen MR) is 140 cm³/mol. The van der Waals surface area contributed by atoms with Crippen LogP contribution in [-0.4, -0.2) is 70.7 Å². The average molecular weight is 492 g/mol. The van der Waals surface area contributed by atoms with Crippen LogP contribution in [0.1, 0.15) is 71.3 Å². The molecular weight excluding hydrogens is 454 g/mol. The van der Waals surface area contributed by atoms with Crippen molar-refractivity contribution in [1.29, 1.82) is 0 Å². The maximum Gasteiger partial charge on any atom is 0.250 e. The number of fused-ring (bicyclic) bond motifs is 7. The molecule has 8 nitrogen and oxygen atoms in total. The Morgan fingerprint density at radius 2 is 1.89 bits per heavy atom. The lowest BCUT2D eigenvalue weighted by Gasteiger charge is -2.41. The first-order valence-electron chi connectivity index (χ1n) is 13.0. The van der Waals surface area contributed by atoms with Gasteiger partial charge in [-0.1, -0.05) is 13.8 Å². The number of Topliss-reactive ketones (excluding diaryl/α,β-unsaturated/α-hetero) is 1. The molecule has 3 aliphatic rings. The van der Waals surface area contributed by atoms with Crippen LogP contribution in [0.15, 0.2) is 18.2 Å². The normalized spacial score (nSPS) is 21.8. The van der Waals surface area contributed by atoms with Gasteiger partial charge in [-0.15, -0.1) is 0 Å². The number of hydrogen-bond donors (Lipinski definition) is 2.